The summed E-state index contributed by atoms with van der Waals surface area (Å²) in [6.45, 7) is 2.79. The Hall–Kier alpha value is -1.65. The lowest BCUT2D eigenvalue weighted by atomic mass is 10.1. The van der Waals surface area contributed by atoms with Gasteiger partial charge >= 0.3 is 0 Å². The molecule has 1 N–H and O–H groups in total. The van der Waals surface area contributed by atoms with Crippen LogP contribution in [-0.4, -0.2) is 12.0 Å². The number of hydrogen-bond donors (Lipinski definition) is 1. The number of hydrogen-bond acceptors (Lipinski definition) is 4. The van der Waals surface area contributed by atoms with Crippen LogP contribution in [0.3, 0.4) is 0 Å². The van der Waals surface area contributed by atoms with E-state index in [1.807, 2.05) is 32.2 Å². The molecule has 0 radical (unpaired) electrons. The van der Waals surface area contributed by atoms with Crippen LogP contribution in [-0.2, 0) is 6.54 Å². The number of aromatic nitrogens is 1. The topological polar surface area (TPSA) is 38.1 Å². The Kier molecular flexibility index (Phi) is 2.89. The summed E-state index contributed by atoms with van der Waals surface area (Å²) in [4.78, 5) is 4.65. The van der Waals surface area contributed by atoms with Crippen LogP contribution < -0.4 is 5.32 Å². The van der Waals surface area contributed by atoms with E-state index in [1.54, 1.807) is 11.3 Å². The molecule has 0 bridgehead atoms. The molecular weight excluding hydrogens is 244 g/mol. The van der Waals surface area contributed by atoms with Gasteiger partial charge in [-0.3, -0.25) is 0 Å². The standard InChI is InChI=1S/C14H14N2OS/c1-9-13(11-5-3-4-6-12(11)17-9)14-16-10(7-15-2)8-18-14/h3-6,8,15H,7H2,1-2H3. The first kappa shape index (κ1) is 11.4. The molecule has 0 aliphatic heterocycles. The van der Waals surface area contributed by atoms with Crippen LogP contribution in [0.5, 0.6) is 0 Å². The van der Waals surface area contributed by atoms with Crippen molar-refractivity contribution in [2.45, 2.75) is 13.5 Å². The lowest BCUT2D eigenvalue weighted by Crippen LogP contribution is -2.04. The summed E-state index contributed by atoms with van der Waals surface area (Å²) in [5.74, 6) is 0.932. The number of fused-ring (bicyclic) bond motifs is 1. The predicted octanol–water partition coefficient (Wildman–Crippen LogP) is 3.58. The van der Waals surface area contributed by atoms with Crippen molar-refractivity contribution in [3.05, 3.63) is 41.1 Å². The molecule has 18 heavy (non-hydrogen) atoms. The molecule has 2 heterocycles. The molecular formula is C14H14N2OS. The molecule has 3 nitrogen and oxygen atoms in total. The molecule has 3 aromatic rings. The van der Waals surface area contributed by atoms with Crippen LogP contribution >= 0.6 is 11.3 Å². The van der Waals surface area contributed by atoms with Gasteiger partial charge in [0.05, 0.1) is 11.3 Å². The van der Waals surface area contributed by atoms with E-state index in [0.29, 0.717) is 0 Å². The number of nitrogens with zero attached hydrogens (tertiary/aromatic N) is 1. The van der Waals surface area contributed by atoms with E-state index in [1.165, 1.54) is 0 Å². The van der Waals surface area contributed by atoms with Crippen LogP contribution in [0.4, 0.5) is 0 Å². The first-order valence-electron chi connectivity index (χ1n) is 5.87. The van der Waals surface area contributed by atoms with Gasteiger partial charge in [0, 0.05) is 17.3 Å². The smallest absolute Gasteiger partial charge is 0.135 e. The van der Waals surface area contributed by atoms with Crippen molar-refractivity contribution in [3.63, 3.8) is 0 Å². The van der Waals surface area contributed by atoms with Crippen molar-refractivity contribution in [2.24, 2.45) is 0 Å². The Morgan fingerprint density at radius 3 is 3.00 bits per heavy atom. The molecule has 92 valence electrons. The van der Waals surface area contributed by atoms with Crippen LogP contribution in [0.2, 0.25) is 0 Å². The molecule has 0 saturated heterocycles. The molecule has 0 aliphatic carbocycles. The van der Waals surface area contributed by atoms with Crippen molar-refractivity contribution >= 4 is 22.3 Å². The summed E-state index contributed by atoms with van der Waals surface area (Å²) < 4.78 is 5.77. The van der Waals surface area contributed by atoms with Gasteiger partial charge in [0.15, 0.2) is 0 Å². The van der Waals surface area contributed by atoms with Gasteiger partial charge in [0.1, 0.15) is 16.4 Å². The molecule has 0 amide bonds. The highest BCUT2D eigenvalue weighted by Gasteiger charge is 2.15. The van der Waals surface area contributed by atoms with Crippen molar-refractivity contribution < 1.29 is 4.42 Å². The fraction of sp³-hybridized carbons (Fsp3) is 0.214. The Balaban J connectivity index is 2.15. The van der Waals surface area contributed by atoms with E-state index in [2.05, 4.69) is 21.7 Å². The molecule has 2 aromatic heterocycles. The highest BCUT2D eigenvalue weighted by Crippen LogP contribution is 2.35. The van der Waals surface area contributed by atoms with Crippen molar-refractivity contribution in [1.82, 2.24) is 10.3 Å². The second kappa shape index (κ2) is 4.55. The highest BCUT2D eigenvalue weighted by molar-refractivity contribution is 7.13. The van der Waals surface area contributed by atoms with Crippen LogP contribution in [0, 0.1) is 6.92 Å². The molecule has 0 atom stereocenters. The molecule has 4 heteroatoms. The number of thiazole rings is 1. The normalized spacial score (nSPS) is 11.2. The van der Waals surface area contributed by atoms with Gasteiger partial charge < -0.3 is 9.73 Å². The minimum absolute atomic E-state index is 0.797. The van der Waals surface area contributed by atoms with Gasteiger partial charge in [-0.25, -0.2) is 4.98 Å². The third-order valence-electron chi connectivity index (χ3n) is 2.90. The van der Waals surface area contributed by atoms with E-state index in [4.69, 9.17) is 4.42 Å². The molecule has 0 spiro atoms. The van der Waals surface area contributed by atoms with Gasteiger partial charge in [-0.15, -0.1) is 11.3 Å². The fourth-order valence-electron chi connectivity index (χ4n) is 2.12. The lowest BCUT2D eigenvalue weighted by Gasteiger charge is -1.95. The van der Waals surface area contributed by atoms with Gasteiger partial charge in [0.2, 0.25) is 0 Å². The Morgan fingerprint density at radius 1 is 1.33 bits per heavy atom. The number of benzene rings is 1. The van der Waals surface area contributed by atoms with E-state index in [9.17, 15) is 0 Å². The molecule has 0 aliphatic rings. The first-order chi connectivity index (χ1) is 8.79. The minimum Gasteiger partial charge on any atom is -0.461 e. The highest BCUT2D eigenvalue weighted by atomic mass is 32.1. The van der Waals surface area contributed by atoms with E-state index < -0.39 is 0 Å². The van der Waals surface area contributed by atoms with Gasteiger partial charge in [-0.05, 0) is 20.0 Å². The summed E-state index contributed by atoms with van der Waals surface area (Å²) in [5.41, 5.74) is 3.12. The molecule has 1 aromatic carbocycles. The van der Waals surface area contributed by atoms with Crippen molar-refractivity contribution in [3.8, 4) is 10.6 Å². The lowest BCUT2D eigenvalue weighted by molar-refractivity contribution is 0.580. The van der Waals surface area contributed by atoms with E-state index in [0.717, 1.165) is 39.5 Å². The maximum Gasteiger partial charge on any atom is 0.135 e. The number of para-hydroxylation sites is 1. The van der Waals surface area contributed by atoms with Crippen molar-refractivity contribution in [2.75, 3.05) is 7.05 Å². The number of aryl methyl sites for hydroxylation is 1. The van der Waals surface area contributed by atoms with Crippen LogP contribution in [0.15, 0.2) is 34.1 Å². The fourth-order valence-corrected chi connectivity index (χ4v) is 3.04. The third kappa shape index (κ3) is 1.83. The number of nitrogens with one attached hydrogen (secondary N) is 1. The predicted molar refractivity (Wildman–Crippen MR) is 74.8 cm³/mol. The average Bonchev–Trinajstić information content (AvgIpc) is 2.92. The molecule has 0 saturated carbocycles. The molecule has 3 rings (SSSR count). The molecule has 0 unspecified atom stereocenters. The Morgan fingerprint density at radius 2 is 2.17 bits per heavy atom. The van der Waals surface area contributed by atoms with E-state index >= 15 is 0 Å². The molecule has 0 fully saturated rings. The summed E-state index contributed by atoms with van der Waals surface area (Å²) in [6, 6.07) is 8.10. The van der Waals surface area contributed by atoms with Crippen molar-refractivity contribution in [1.29, 1.82) is 0 Å². The third-order valence-corrected chi connectivity index (χ3v) is 3.80. The summed E-state index contributed by atoms with van der Waals surface area (Å²) in [7, 11) is 1.93. The Bertz CT molecular complexity index is 684. The van der Waals surface area contributed by atoms with Gasteiger partial charge in [-0.1, -0.05) is 18.2 Å². The first-order valence-corrected chi connectivity index (χ1v) is 6.75. The maximum absolute atomic E-state index is 5.77. The number of furan rings is 1. The van der Waals surface area contributed by atoms with Crippen LogP contribution in [0.25, 0.3) is 21.5 Å². The summed E-state index contributed by atoms with van der Waals surface area (Å²) >= 11 is 1.67. The SMILES string of the molecule is CNCc1csc(-c2c(C)oc3ccccc23)n1. The second-order valence-electron chi connectivity index (χ2n) is 4.20. The van der Waals surface area contributed by atoms with E-state index in [-0.39, 0.29) is 0 Å². The largest absolute Gasteiger partial charge is 0.461 e. The number of rotatable bonds is 3. The quantitative estimate of drug-likeness (QED) is 0.780. The summed E-state index contributed by atoms with van der Waals surface area (Å²) in [6.07, 6.45) is 0. The Labute approximate surface area is 109 Å². The minimum atomic E-state index is 0.797. The van der Waals surface area contributed by atoms with Crippen LogP contribution in [0.1, 0.15) is 11.5 Å². The second-order valence-corrected chi connectivity index (χ2v) is 5.06. The zero-order chi connectivity index (χ0) is 12.5. The van der Waals surface area contributed by atoms with Gasteiger partial charge in [0.25, 0.3) is 0 Å². The zero-order valence-electron chi connectivity index (χ0n) is 10.4. The summed E-state index contributed by atoms with van der Waals surface area (Å²) in [5, 5.41) is 7.37. The maximum atomic E-state index is 5.77. The monoisotopic (exact) mass is 258 g/mol. The van der Waals surface area contributed by atoms with Gasteiger partial charge in [-0.2, -0.15) is 0 Å². The average molecular weight is 258 g/mol. The zero-order valence-corrected chi connectivity index (χ0v) is 11.2.